The minimum atomic E-state index is -0.403. The summed E-state index contributed by atoms with van der Waals surface area (Å²) in [5.41, 5.74) is 2.00. The molecule has 0 fully saturated rings. The van der Waals surface area contributed by atoms with E-state index in [1.807, 2.05) is 30.3 Å². The summed E-state index contributed by atoms with van der Waals surface area (Å²) in [6, 6.07) is 15.1. The molecular weight excluding hydrogens is 431 g/mol. The van der Waals surface area contributed by atoms with E-state index < -0.39 is 5.97 Å². The Hall–Kier alpha value is -2.15. The number of benzene rings is 2. The molecule has 0 spiro atoms. The highest BCUT2D eigenvalue weighted by Crippen LogP contribution is 2.20. The molecular formula is C21H22Cl2N2O3S. The third kappa shape index (κ3) is 9.26. The van der Waals surface area contributed by atoms with E-state index in [2.05, 4.69) is 10.6 Å². The second kappa shape index (κ2) is 12.4. The highest BCUT2D eigenvalue weighted by molar-refractivity contribution is 7.80. The van der Waals surface area contributed by atoms with Gasteiger partial charge < -0.3 is 15.4 Å². The zero-order valence-corrected chi connectivity index (χ0v) is 18.1. The van der Waals surface area contributed by atoms with Crippen LogP contribution >= 0.6 is 35.4 Å². The molecule has 0 saturated carbocycles. The fourth-order valence-electron chi connectivity index (χ4n) is 2.47. The highest BCUT2D eigenvalue weighted by atomic mass is 35.5. The molecule has 2 N–H and O–H groups in total. The van der Waals surface area contributed by atoms with Crippen LogP contribution in [0.1, 0.15) is 30.4 Å². The van der Waals surface area contributed by atoms with Crippen molar-refractivity contribution in [2.45, 2.75) is 32.2 Å². The van der Waals surface area contributed by atoms with E-state index >= 15 is 0 Å². The summed E-state index contributed by atoms with van der Waals surface area (Å²) < 4.78 is 5.15. The molecule has 29 heavy (non-hydrogen) atoms. The Morgan fingerprint density at radius 3 is 2.52 bits per heavy atom. The van der Waals surface area contributed by atoms with Gasteiger partial charge in [-0.15, -0.1) is 0 Å². The Balaban J connectivity index is 1.58. The summed E-state index contributed by atoms with van der Waals surface area (Å²) in [6.45, 7) is 0.676. The number of ether oxygens (including phenoxy) is 1. The van der Waals surface area contributed by atoms with Crippen LogP contribution in [-0.4, -0.2) is 23.6 Å². The molecule has 8 heteroatoms. The zero-order chi connectivity index (χ0) is 21.1. The SMILES string of the molecule is O=C(CCC(=O)OCCCc1ccccc1)NC(=S)NCc1ccc(Cl)cc1Cl. The second-order valence-corrected chi connectivity index (χ2v) is 7.53. The van der Waals surface area contributed by atoms with Crippen LogP contribution in [0.2, 0.25) is 10.0 Å². The average molecular weight is 453 g/mol. The fraction of sp³-hybridized carbons (Fsp3) is 0.286. The number of carbonyl (C=O) groups excluding carboxylic acids is 2. The summed E-state index contributed by atoms with van der Waals surface area (Å²) in [5, 5.41) is 6.64. The largest absolute Gasteiger partial charge is 0.466 e. The predicted molar refractivity (Wildman–Crippen MR) is 119 cm³/mol. The molecule has 0 aliphatic rings. The van der Waals surface area contributed by atoms with Gasteiger partial charge in [-0.1, -0.05) is 59.6 Å². The third-order valence-corrected chi connectivity index (χ3v) is 4.81. The van der Waals surface area contributed by atoms with E-state index in [1.54, 1.807) is 18.2 Å². The van der Waals surface area contributed by atoms with Crippen LogP contribution in [0, 0.1) is 0 Å². The third-order valence-electron chi connectivity index (χ3n) is 3.98. The van der Waals surface area contributed by atoms with Crippen molar-refractivity contribution in [2.75, 3.05) is 6.61 Å². The first-order valence-corrected chi connectivity index (χ1v) is 10.3. The van der Waals surface area contributed by atoms with Crippen molar-refractivity contribution >= 4 is 52.4 Å². The molecule has 2 aromatic carbocycles. The lowest BCUT2D eigenvalue weighted by molar-refractivity contribution is -0.145. The Kier molecular flexibility index (Phi) is 9.91. The molecule has 0 saturated heterocycles. The second-order valence-electron chi connectivity index (χ2n) is 6.28. The van der Waals surface area contributed by atoms with E-state index in [1.165, 1.54) is 5.56 Å². The fourth-order valence-corrected chi connectivity index (χ4v) is 3.13. The molecule has 1 amide bonds. The van der Waals surface area contributed by atoms with Gasteiger partial charge >= 0.3 is 5.97 Å². The molecule has 0 aliphatic heterocycles. The molecule has 2 aromatic rings. The lowest BCUT2D eigenvalue weighted by Gasteiger charge is -2.11. The van der Waals surface area contributed by atoms with Crippen LogP contribution < -0.4 is 10.6 Å². The van der Waals surface area contributed by atoms with Gasteiger partial charge in [-0.05, 0) is 48.3 Å². The standard InChI is InChI=1S/C21H22Cl2N2O3S/c22-17-9-8-16(18(23)13-17)14-24-21(29)25-19(26)10-11-20(27)28-12-4-7-15-5-2-1-3-6-15/h1-3,5-6,8-9,13H,4,7,10-12,14H2,(H2,24,25,26,29). The molecule has 0 radical (unpaired) electrons. The molecule has 0 heterocycles. The van der Waals surface area contributed by atoms with Crippen molar-refractivity contribution in [1.82, 2.24) is 10.6 Å². The Morgan fingerprint density at radius 2 is 1.79 bits per heavy atom. The molecule has 154 valence electrons. The number of hydrogen-bond acceptors (Lipinski definition) is 4. The van der Waals surface area contributed by atoms with Crippen molar-refractivity contribution in [1.29, 1.82) is 0 Å². The summed E-state index contributed by atoms with van der Waals surface area (Å²) in [5.74, 6) is -0.758. The van der Waals surface area contributed by atoms with Crippen molar-refractivity contribution in [3.63, 3.8) is 0 Å². The normalized spacial score (nSPS) is 10.3. The smallest absolute Gasteiger partial charge is 0.306 e. The number of rotatable bonds is 9. The zero-order valence-electron chi connectivity index (χ0n) is 15.8. The molecule has 0 aliphatic carbocycles. The van der Waals surface area contributed by atoms with Gasteiger partial charge in [0, 0.05) is 23.0 Å². The Bertz CT molecular complexity index is 847. The van der Waals surface area contributed by atoms with Gasteiger partial charge in [0.25, 0.3) is 0 Å². The average Bonchev–Trinajstić information content (AvgIpc) is 2.70. The van der Waals surface area contributed by atoms with Gasteiger partial charge in [-0.2, -0.15) is 0 Å². The molecule has 0 atom stereocenters. The molecule has 2 rings (SSSR count). The van der Waals surface area contributed by atoms with E-state index in [0.717, 1.165) is 18.4 Å². The van der Waals surface area contributed by atoms with Gasteiger partial charge in [0.1, 0.15) is 0 Å². The first kappa shape index (κ1) is 23.1. The van der Waals surface area contributed by atoms with Crippen LogP contribution in [-0.2, 0) is 27.3 Å². The lowest BCUT2D eigenvalue weighted by atomic mass is 10.1. The summed E-state index contributed by atoms with van der Waals surface area (Å²) in [7, 11) is 0. The number of hydrogen-bond donors (Lipinski definition) is 2. The molecule has 0 aromatic heterocycles. The topological polar surface area (TPSA) is 67.4 Å². The van der Waals surface area contributed by atoms with Crippen LogP contribution in [0.5, 0.6) is 0 Å². The number of nitrogens with one attached hydrogen (secondary N) is 2. The Morgan fingerprint density at radius 1 is 1.03 bits per heavy atom. The van der Waals surface area contributed by atoms with Crippen LogP contribution in [0.25, 0.3) is 0 Å². The maximum Gasteiger partial charge on any atom is 0.306 e. The molecule has 5 nitrogen and oxygen atoms in total. The summed E-state index contributed by atoms with van der Waals surface area (Å²) in [6.07, 6.45) is 1.58. The molecule has 0 unspecified atom stereocenters. The number of esters is 1. The van der Waals surface area contributed by atoms with E-state index in [-0.39, 0.29) is 23.9 Å². The predicted octanol–water partition coefficient (Wildman–Crippen LogP) is 4.44. The van der Waals surface area contributed by atoms with Crippen molar-refractivity contribution in [3.05, 3.63) is 69.7 Å². The number of aryl methyl sites for hydroxylation is 1. The maximum atomic E-state index is 11.9. The molecule has 0 bridgehead atoms. The van der Waals surface area contributed by atoms with Crippen molar-refractivity contribution in [2.24, 2.45) is 0 Å². The van der Waals surface area contributed by atoms with E-state index in [9.17, 15) is 9.59 Å². The van der Waals surface area contributed by atoms with Crippen molar-refractivity contribution in [3.8, 4) is 0 Å². The number of halogens is 2. The monoisotopic (exact) mass is 452 g/mol. The minimum absolute atomic E-state index is 0.00103. The van der Waals surface area contributed by atoms with Gasteiger partial charge in [-0.25, -0.2) is 0 Å². The summed E-state index contributed by atoms with van der Waals surface area (Å²) >= 11 is 17.0. The van der Waals surface area contributed by atoms with E-state index in [0.29, 0.717) is 23.2 Å². The maximum absolute atomic E-state index is 11.9. The van der Waals surface area contributed by atoms with Crippen LogP contribution in [0.3, 0.4) is 0 Å². The highest BCUT2D eigenvalue weighted by Gasteiger charge is 2.10. The van der Waals surface area contributed by atoms with E-state index in [4.69, 9.17) is 40.2 Å². The Labute approximate surface area is 185 Å². The van der Waals surface area contributed by atoms with Gasteiger partial charge in [0.05, 0.1) is 13.0 Å². The van der Waals surface area contributed by atoms with Gasteiger partial charge in [0.2, 0.25) is 5.91 Å². The quantitative estimate of drug-likeness (QED) is 0.334. The number of amides is 1. The first-order valence-electron chi connectivity index (χ1n) is 9.15. The van der Waals surface area contributed by atoms with Crippen LogP contribution in [0.15, 0.2) is 48.5 Å². The van der Waals surface area contributed by atoms with Crippen molar-refractivity contribution < 1.29 is 14.3 Å². The summed E-state index contributed by atoms with van der Waals surface area (Å²) in [4.78, 5) is 23.7. The first-order chi connectivity index (χ1) is 13.9. The number of thiocarbonyl (C=S) groups is 1. The number of carbonyl (C=O) groups is 2. The van der Waals surface area contributed by atoms with Crippen LogP contribution in [0.4, 0.5) is 0 Å². The lowest BCUT2D eigenvalue weighted by Crippen LogP contribution is -2.39. The van der Waals surface area contributed by atoms with Gasteiger partial charge in [-0.3, -0.25) is 9.59 Å². The van der Waals surface area contributed by atoms with Gasteiger partial charge in [0.15, 0.2) is 5.11 Å². The minimum Gasteiger partial charge on any atom is -0.466 e.